The molecule has 0 atom stereocenters. The molecule has 6 nitrogen and oxygen atoms in total. The SMILES string of the molecule is OCc1ccc(OCc2noc(C3CC3)n2)cn1. The van der Waals surface area contributed by atoms with E-state index in [1.54, 1.807) is 18.3 Å². The molecule has 1 saturated carbocycles. The molecule has 2 heterocycles. The third-order valence-electron chi connectivity index (χ3n) is 2.74. The lowest BCUT2D eigenvalue weighted by molar-refractivity contribution is 0.272. The van der Waals surface area contributed by atoms with E-state index in [9.17, 15) is 0 Å². The number of aliphatic hydroxyl groups excluding tert-OH is 1. The highest BCUT2D eigenvalue weighted by molar-refractivity contribution is 5.19. The van der Waals surface area contributed by atoms with Gasteiger partial charge in [-0.25, -0.2) is 0 Å². The van der Waals surface area contributed by atoms with Crippen molar-refractivity contribution < 1.29 is 14.4 Å². The van der Waals surface area contributed by atoms with E-state index < -0.39 is 0 Å². The normalized spacial score (nSPS) is 14.7. The van der Waals surface area contributed by atoms with Crippen molar-refractivity contribution in [2.24, 2.45) is 0 Å². The summed E-state index contributed by atoms with van der Waals surface area (Å²) in [6.45, 7) is 0.187. The maximum Gasteiger partial charge on any atom is 0.229 e. The van der Waals surface area contributed by atoms with Crippen LogP contribution in [-0.4, -0.2) is 20.2 Å². The number of hydrogen-bond acceptors (Lipinski definition) is 6. The molecule has 0 bridgehead atoms. The molecule has 0 saturated heterocycles. The molecular weight excluding hydrogens is 234 g/mol. The quantitative estimate of drug-likeness (QED) is 0.860. The molecule has 0 amide bonds. The van der Waals surface area contributed by atoms with Crippen molar-refractivity contribution >= 4 is 0 Å². The van der Waals surface area contributed by atoms with Gasteiger partial charge in [0.05, 0.1) is 18.5 Å². The van der Waals surface area contributed by atoms with E-state index in [-0.39, 0.29) is 13.2 Å². The lowest BCUT2D eigenvalue weighted by atomic mass is 10.3. The zero-order valence-electron chi connectivity index (χ0n) is 9.74. The Hall–Kier alpha value is -1.95. The van der Waals surface area contributed by atoms with E-state index in [2.05, 4.69) is 15.1 Å². The fourth-order valence-electron chi connectivity index (χ4n) is 1.56. The Balaban J connectivity index is 1.58. The van der Waals surface area contributed by atoms with Crippen LogP contribution in [0.4, 0.5) is 0 Å². The van der Waals surface area contributed by atoms with Crippen molar-refractivity contribution in [3.8, 4) is 5.75 Å². The molecule has 2 aromatic heterocycles. The molecule has 1 aliphatic carbocycles. The number of hydrogen-bond donors (Lipinski definition) is 1. The smallest absolute Gasteiger partial charge is 0.229 e. The Morgan fingerprint density at radius 3 is 2.94 bits per heavy atom. The molecule has 0 radical (unpaired) electrons. The summed E-state index contributed by atoms with van der Waals surface area (Å²) in [5, 5.41) is 12.7. The van der Waals surface area contributed by atoms with Gasteiger partial charge in [0.15, 0.2) is 6.61 Å². The molecule has 1 aliphatic rings. The minimum Gasteiger partial charge on any atom is -0.484 e. The van der Waals surface area contributed by atoms with Gasteiger partial charge in [0, 0.05) is 5.92 Å². The van der Waals surface area contributed by atoms with Crippen LogP contribution < -0.4 is 4.74 Å². The Labute approximate surface area is 104 Å². The van der Waals surface area contributed by atoms with E-state index in [1.807, 2.05) is 0 Å². The highest BCUT2D eigenvalue weighted by Gasteiger charge is 2.29. The third-order valence-corrected chi connectivity index (χ3v) is 2.74. The summed E-state index contributed by atoms with van der Waals surface area (Å²) in [5.41, 5.74) is 0.609. The van der Waals surface area contributed by atoms with E-state index in [1.165, 1.54) is 0 Å². The second kappa shape index (κ2) is 4.73. The maximum atomic E-state index is 8.86. The molecule has 18 heavy (non-hydrogen) atoms. The molecule has 0 aromatic carbocycles. The first kappa shape index (κ1) is 11.2. The predicted molar refractivity (Wildman–Crippen MR) is 60.8 cm³/mol. The zero-order chi connectivity index (χ0) is 12.4. The summed E-state index contributed by atoms with van der Waals surface area (Å²) in [6.07, 6.45) is 3.83. The van der Waals surface area contributed by atoms with Crippen molar-refractivity contribution in [2.75, 3.05) is 0 Å². The molecule has 1 fully saturated rings. The molecule has 0 unspecified atom stereocenters. The summed E-state index contributed by atoms with van der Waals surface area (Å²) in [6, 6.07) is 3.46. The van der Waals surface area contributed by atoms with Crippen molar-refractivity contribution in [2.45, 2.75) is 32.0 Å². The highest BCUT2D eigenvalue weighted by atomic mass is 16.5. The van der Waals surface area contributed by atoms with Crippen molar-refractivity contribution in [3.63, 3.8) is 0 Å². The standard InChI is InChI=1S/C12H13N3O3/c16-6-9-3-4-10(5-13-9)17-7-11-14-12(18-15-11)8-1-2-8/h3-5,8,16H,1-2,6-7H2. The summed E-state index contributed by atoms with van der Waals surface area (Å²) in [5.74, 6) is 2.33. The van der Waals surface area contributed by atoms with Gasteiger partial charge in [-0.3, -0.25) is 4.98 Å². The lowest BCUT2D eigenvalue weighted by Gasteiger charge is -2.02. The van der Waals surface area contributed by atoms with E-state index >= 15 is 0 Å². The minimum absolute atomic E-state index is 0.0735. The summed E-state index contributed by atoms with van der Waals surface area (Å²) in [7, 11) is 0. The molecule has 0 spiro atoms. The van der Waals surface area contributed by atoms with E-state index in [4.69, 9.17) is 14.4 Å². The van der Waals surface area contributed by atoms with Gasteiger partial charge >= 0.3 is 0 Å². The van der Waals surface area contributed by atoms with Crippen LogP contribution in [0.5, 0.6) is 5.75 Å². The van der Waals surface area contributed by atoms with Crippen LogP contribution in [0.2, 0.25) is 0 Å². The Morgan fingerprint density at radius 1 is 1.39 bits per heavy atom. The van der Waals surface area contributed by atoms with Gasteiger partial charge in [0.1, 0.15) is 5.75 Å². The number of ether oxygens (including phenoxy) is 1. The first-order valence-electron chi connectivity index (χ1n) is 5.86. The molecule has 94 valence electrons. The van der Waals surface area contributed by atoms with Crippen LogP contribution in [-0.2, 0) is 13.2 Å². The largest absolute Gasteiger partial charge is 0.484 e. The minimum atomic E-state index is -0.0735. The summed E-state index contributed by atoms with van der Waals surface area (Å²) >= 11 is 0. The van der Waals surface area contributed by atoms with Crippen LogP contribution >= 0.6 is 0 Å². The fourth-order valence-corrected chi connectivity index (χ4v) is 1.56. The number of nitrogens with zero attached hydrogens (tertiary/aromatic N) is 3. The van der Waals surface area contributed by atoms with Gasteiger partial charge in [-0.05, 0) is 25.0 Å². The lowest BCUT2D eigenvalue weighted by Crippen LogP contribution is -1.99. The Morgan fingerprint density at radius 2 is 2.28 bits per heavy atom. The number of aromatic nitrogens is 3. The van der Waals surface area contributed by atoms with Gasteiger partial charge in [-0.1, -0.05) is 5.16 Å². The van der Waals surface area contributed by atoms with Crippen LogP contribution in [0.1, 0.15) is 36.2 Å². The first-order valence-corrected chi connectivity index (χ1v) is 5.86. The average Bonchev–Trinajstić information content (AvgIpc) is 3.16. The predicted octanol–water partition coefficient (Wildman–Crippen LogP) is 1.41. The number of rotatable bonds is 5. The molecular formula is C12H13N3O3. The average molecular weight is 247 g/mol. The third kappa shape index (κ3) is 2.48. The van der Waals surface area contributed by atoms with Crippen molar-refractivity contribution in [1.82, 2.24) is 15.1 Å². The van der Waals surface area contributed by atoms with Gasteiger partial charge in [-0.15, -0.1) is 0 Å². The molecule has 6 heteroatoms. The first-order chi connectivity index (χ1) is 8.85. The highest BCUT2D eigenvalue weighted by Crippen LogP contribution is 2.38. The monoisotopic (exact) mass is 247 g/mol. The second-order valence-electron chi connectivity index (χ2n) is 4.26. The number of aliphatic hydroxyl groups is 1. The fraction of sp³-hybridized carbons (Fsp3) is 0.417. The van der Waals surface area contributed by atoms with Crippen LogP contribution in [0, 0.1) is 0 Å². The van der Waals surface area contributed by atoms with E-state index in [0.29, 0.717) is 29.1 Å². The second-order valence-corrected chi connectivity index (χ2v) is 4.26. The Bertz CT molecular complexity index is 520. The van der Waals surface area contributed by atoms with Crippen molar-refractivity contribution in [3.05, 3.63) is 35.7 Å². The van der Waals surface area contributed by atoms with Gasteiger partial charge in [-0.2, -0.15) is 4.98 Å². The molecule has 3 rings (SSSR count). The number of pyridine rings is 1. The van der Waals surface area contributed by atoms with E-state index in [0.717, 1.165) is 12.8 Å². The van der Waals surface area contributed by atoms with Crippen molar-refractivity contribution in [1.29, 1.82) is 0 Å². The molecule has 0 aliphatic heterocycles. The van der Waals surface area contributed by atoms with Gasteiger partial charge < -0.3 is 14.4 Å². The van der Waals surface area contributed by atoms with Gasteiger partial charge in [0.2, 0.25) is 11.7 Å². The summed E-state index contributed by atoms with van der Waals surface area (Å²) < 4.78 is 10.6. The maximum absolute atomic E-state index is 8.86. The molecule has 2 aromatic rings. The van der Waals surface area contributed by atoms with Crippen LogP contribution in [0.3, 0.4) is 0 Å². The zero-order valence-corrected chi connectivity index (χ0v) is 9.74. The van der Waals surface area contributed by atoms with Crippen LogP contribution in [0.15, 0.2) is 22.9 Å². The van der Waals surface area contributed by atoms with Gasteiger partial charge in [0.25, 0.3) is 0 Å². The molecule has 1 N–H and O–H groups in total. The topological polar surface area (TPSA) is 81.3 Å². The Kier molecular flexibility index (Phi) is 2.93. The summed E-state index contributed by atoms with van der Waals surface area (Å²) in [4.78, 5) is 8.27. The van der Waals surface area contributed by atoms with Crippen LogP contribution in [0.25, 0.3) is 0 Å².